The van der Waals surface area contributed by atoms with Gasteiger partial charge >= 0.3 is 5.97 Å². The fourth-order valence-electron chi connectivity index (χ4n) is 2.56. The summed E-state index contributed by atoms with van der Waals surface area (Å²) in [6.07, 6.45) is 2.13. The van der Waals surface area contributed by atoms with Gasteiger partial charge < -0.3 is 15.2 Å². The third kappa shape index (κ3) is 5.59. The molecule has 2 atom stereocenters. The van der Waals surface area contributed by atoms with Gasteiger partial charge in [-0.05, 0) is 18.3 Å². The van der Waals surface area contributed by atoms with Crippen molar-refractivity contribution in [1.29, 1.82) is 0 Å². The number of amides is 1. The molecule has 0 radical (unpaired) electrons. The van der Waals surface area contributed by atoms with Crippen LogP contribution in [0.15, 0.2) is 0 Å². The van der Waals surface area contributed by atoms with E-state index in [9.17, 15) is 9.59 Å². The Hall–Kier alpha value is -1.10. The number of carbonyl (C=O) groups excluding carboxylic acids is 1. The SMILES string of the molecule is CC(C)(C)C1OCCCC1CNC(=O)CCC(=O)O. The predicted octanol–water partition coefficient (Wildman–Crippen LogP) is 1.81. The van der Waals surface area contributed by atoms with Crippen LogP contribution in [-0.2, 0) is 14.3 Å². The third-order valence-electron chi connectivity index (χ3n) is 3.43. The van der Waals surface area contributed by atoms with Crippen LogP contribution in [0, 0.1) is 11.3 Å². The van der Waals surface area contributed by atoms with Crippen molar-refractivity contribution in [3.8, 4) is 0 Å². The molecule has 0 aromatic heterocycles. The quantitative estimate of drug-likeness (QED) is 0.799. The van der Waals surface area contributed by atoms with Crippen molar-refractivity contribution in [3.05, 3.63) is 0 Å². The lowest BCUT2D eigenvalue weighted by Gasteiger charge is -2.40. The zero-order valence-corrected chi connectivity index (χ0v) is 12.1. The highest BCUT2D eigenvalue weighted by molar-refractivity contribution is 5.80. The monoisotopic (exact) mass is 271 g/mol. The summed E-state index contributed by atoms with van der Waals surface area (Å²) in [4.78, 5) is 21.9. The van der Waals surface area contributed by atoms with Crippen LogP contribution >= 0.6 is 0 Å². The number of aliphatic carboxylic acids is 1. The normalized spacial score (nSPS) is 23.9. The molecule has 1 aliphatic heterocycles. The Kier molecular flexibility index (Phi) is 5.79. The summed E-state index contributed by atoms with van der Waals surface area (Å²) < 4.78 is 5.84. The topological polar surface area (TPSA) is 75.6 Å². The van der Waals surface area contributed by atoms with Gasteiger partial charge in [0.05, 0.1) is 12.5 Å². The van der Waals surface area contributed by atoms with Gasteiger partial charge in [-0.3, -0.25) is 9.59 Å². The first kappa shape index (κ1) is 16.0. The molecule has 0 aromatic rings. The molecule has 1 heterocycles. The zero-order chi connectivity index (χ0) is 14.5. The van der Waals surface area contributed by atoms with E-state index in [4.69, 9.17) is 9.84 Å². The first-order valence-corrected chi connectivity index (χ1v) is 6.91. The summed E-state index contributed by atoms with van der Waals surface area (Å²) in [6.45, 7) is 7.78. The van der Waals surface area contributed by atoms with Crippen molar-refractivity contribution in [2.45, 2.75) is 52.6 Å². The largest absolute Gasteiger partial charge is 0.481 e. The number of ether oxygens (including phenoxy) is 1. The van der Waals surface area contributed by atoms with Crippen molar-refractivity contribution in [3.63, 3.8) is 0 Å². The van der Waals surface area contributed by atoms with E-state index >= 15 is 0 Å². The Morgan fingerprint density at radius 3 is 2.58 bits per heavy atom. The van der Waals surface area contributed by atoms with Crippen LogP contribution in [0.25, 0.3) is 0 Å². The number of hydrogen-bond donors (Lipinski definition) is 2. The Balaban J connectivity index is 2.41. The number of rotatable bonds is 5. The summed E-state index contributed by atoms with van der Waals surface area (Å²) in [7, 11) is 0. The van der Waals surface area contributed by atoms with E-state index in [1.165, 1.54) is 0 Å². The minimum atomic E-state index is -0.941. The van der Waals surface area contributed by atoms with Crippen molar-refractivity contribution >= 4 is 11.9 Å². The van der Waals surface area contributed by atoms with Crippen molar-refractivity contribution < 1.29 is 19.4 Å². The van der Waals surface area contributed by atoms with Gasteiger partial charge in [-0.1, -0.05) is 20.8 Å². The van der Waals surface area contributed by atoms with Gasteiger partial charge in [0.25, 0.3) is 0 Å². The summed E-state index contributed by atoms with van der Waals surface area (Å²) >= 11 is 0. The molecule has 0 saturated carbocycles. The summed E-state index contributed by atoms with van der Waals surface area (Å²) in [5.41, 5.74) is 0.0525. The smallest absolute Gasteiger partial charge is 0.303 e. The Labute approximate surface area is 114 Å². The zero-order valence-electron chi connectivity index (χ0n) is 12.1. The van der Waals surface area contributed by atoms with E-state index in [1.54, 1.807) is 0 Å². The van der Waals surface area contributed by atoms with E-state index in [-0.39, 0.29) is 30.3 Å². The molecule has 1 aliphatic rings. The molecule has 2 N–H and O–H groups in total. The average Bonchev–Trinajstić information content (AvgIpc) is 2.33. The number of hydrogen-bond acceptors (Lipinski definition) is 3. The molecule has 19 heavy (non-hydrogen) atoms. The van der Waals surface area contributed by atoms with Crippen molar-refractivity contribution in [2.24, 2.45) is 11.3 Å². The van der Waals surface area contributed by atoms with Gasteiger partial charge in [-0.25, -0.2) is 0 Å². The maximum Gasteiger partial charge on any atom is 0.303 e. The summed E-state index contributed by atoms with van der Waals surface area (Å²) in [5.74, 6) is -0.827. The van der Waals surface area contributed by atoms with Crippen LogP contribution in [0.5, 0.6) is 0 Å². The lowest BCUT2D eigenvalue weighted by Crippen LogP contribution is -2.45. The second kappa shape index (κ2) is 6.89. The highest BCUT2D eigenvalue weighted by Crippen LogP contribution is 2.33. The van der Waals surface area contributed by atoms with Gasteiger partial charge in [0, 0.05) is 25.5 Å². The van der Waals surface area contributed by atoms with Crippen LogP contribution in [-0.4, -0.2) is 36.2 Å². The molecule has 0 aliphatic carbocycles. The van der Waals surface area contributed by atoms with Crippen molar-refractivity contribution in [1.82, 2.24) is 5.32 Å². The fraction of sp³-hybridized carbons (Fsp3) is 0.857. The van der Waals surface area contributed by atoms with Gasteiger partial charge in [-0.2, -0.15) is 0 Å². The standard InChI is InChI=1S/C14H25NO4/c1-14(2,3)13-10(5-4-8-19-13)9-15-11(16)6-7-12(17)18/h10,13H,4-9H2,1-3H3,(H,15,16)(H,17,18). The molecule has 0 spiro atoms. The van der Waals surface area contributed by atoms with Gasteiger partial charge in [-0.15, -0.1) is 0 Å². The van der Waals surface area contributed by atoms with Crippen LogP contribution < -0.4 is 5.32 Å². The number of nitrogens with one attached hydrogen (secondary N) is 1. The third-order valence-corrected chi connectivity index (χ3v) is 3.43. The number of carboxylic acids is 1. The van der Waals surface area contributed by atoms with E-state index in [1.807, 2.05) is 0 Å². The summed E-state index contributed by atoms with van der Waals surface area (Å²) in [6, 6.07) is 0. The van der Waals surface area contributed by atoms with Crippen LogP contribution in [0.2, 0.25) is 0 Å². The molecule has 0 aromatic carbocycles. The lowest BCUT2D eigenvalue weighted by molar-refractivity contribution is -0.139. The molecule has 2 unspecified atom stereocenters. The van der Waals surface area contributed by atoms with Gasteiger partial charge in [0.1, 0.15) is 0 Å². The number of carboxylic acid groups (broad SMARTS) is 1. The van der Waals surface area contributed by atoms with E-state index in [0.29, 0.717) is 12.5 Å². The summed E-state index contributed by atoms with van der Waals surface area (Å²) in [5, 5.41) is 11.4. The lowest BCUT2D eigenvalue weighted by atomic mass is 9.78. The molecule has 1 saturated heterocycles. The molecule has 5 nitrogen and oxygen atoms in total. The average molecular weight is 271 g/mol. The van der Waals surface area contributed by atoms with Crippen LogP contribution in [0.3, 0.4) is 0 Å². The first-order valence-electron chi connectivity index (χ1n) is 6.91. The van der Waals surface area contributed by atoms with Gasteiger partial charge in [0.15, 0.2) is 0 Å². The van der Waals surface area contributed by atoms with Crippen LogP contribution in [0.1, 0.15) is 46.5 Å². The van der Waals surface area contributed by atoms with E-state index in [2.05, 4.69) is 26.1 Å². The molecule has 110 valence electrons. The maximum absolute atomic E-state index is 11.5. The van der Waals surface area contributed by atoms with E-state index in [0.717, 1.165) is 19.4 Å². The predicted molar refractivity (Wildman–Crippen MR) is 71.8 cm³/mol. The van der Waals surface area contributed by atoms with Gasteiger partial charge in [0.2, 0.25) is 5.91 Å². The molecule has 0 bridgehead atoms. The Bertz CT molecular complexity index is 322. The maximum atomic E-state index is 11.5. The molecule has 5 heteroatoms. The van der Waals surface area contributed by atoms with E-state index < -0.39 is 5.97 Å². The highest BCUT2D eigenvalue weighted by Gasteiger charge is 2.35. The molecule has 1 amide bonds. The van der Waals surface area contributed by atoms with Crippen LogP contribution in [0.4, 0.5) is 0 Å². The minimum Gasteiger partial charge on any atom is -0.481 e. The molecule has 1 rings (SSSR count). The van der Waals surface area contributed by atoms with Crippen molar-refractivity contribution in [2.75, 3.05) is 13.2 Å². The second-order valence-corrected chi connectivity index (χ2v) is 6.26. The molecular formula is C14H25NO4. The minimum absolute atomic E-state index is 0.0447. The second-order valence-electron chi connectivity index (χ2n) is 6.26. The highest BCUT2D eigenvalue weighted by atomic mass is 16.5. The molecule has 1 fully saturated rings. The first-order chi connectivity index (χ1) is 8.80. The molecular weight excluding hydrogens is 246 g/mol. The number of carbonyl (C=O) groups is 2. The fourth-order valence-corrected chi connectivity index (χ4v) is 2.56. The Morgan fingerprint density at radius 1 is 1.32 bits per heavy atom. The Morgan fingerprint density at radius 2 is 2.00 bits per heavy atom.